The van der Waals surface area contributed by atoms with Gasteiger partial charge in [-0.15, -0.1) is 0 Å². The van der Waals surface area contributed by atoms with E-state index in [0.717, 1.165) is 0 Å². The molecule has 0 saturated carbocycles. The molecule has 0 saturated heterocycles. The molecule has 1 N–H and O–H groups in total. The molecule has 1 rings (SSSR count). The van der Waals surface area contributed by atoms with Crippen LogP contribution < -0.4 is 5.43 Å². The second kappa shape index (κ2) is 8.81. The molecule has 8 nitrogen and oxygen atoms in total. The minimum absolute atomic E-state index is 0.0604. The fraction of sp³-hybridized carbons (Fsp3) is 0.412. The van der Waals surface area contributed by atoms with Gasteiger partial charge < -0.3 is 14.2 Å². The number of nitrogens with one attached hydrogen (secondary N) is 1. The van der Waals surface area contributed by atoms with E-state index >= 15 is 0 Å². The van der Waals surface area contributed by atoms with Crippen molar-refractivity contribution < 1.29 is 28.6 Å². The molecule has 0 spiro atoms. The fourth-order valence-electron chi connectivity index (χ4n) is 1.85. The lowest BCUT2D eigenvalue weighted by Crippen LogP contribution is -2.32. The molecule has 0 bridgehead atoms. The van der Waals surface area contributed by atoms with Gasteiger partial charge in [-0.2, -0.15) is 5.10 Å². The van der Waals surface area contributed by atoms with Crippen LogP contribution in [0.1, 0.15) is 31.9 Å². The molecule has 0 aliphatic carbocycles. The van der Waals surface area contributed by atoms with Gasteiger partial charge in [0.15, 0.2) is 5.71 Å². The standard InChI is InChI=1S/C17H22N2O6/c1-17(2,3)25-16(22)19-18-14(15(21)24-5)12-9-7-6-8-11(12)10-13(20)23-4/h6-9H,10H2,1-5H3,(H,19,22)/b18-14-. The van der Waals surface area contributed by atoms with Crippen molar-refractivity contribution in [2.75, 3.05) is 14.2 Å². The maximum atomic E-state index is 12.1. The lowest BCUT2D eigenvalue weighted by atomic mass is 10.0. The Morgan fingerprint density at radius 2 is 1.72 bits per heavy atom. The molecule has 0 aromatic heterocycles. The number of hydrogen-bond donors (Lipinski definition) is 1. The van der Waals surface area contributed by atoms with E-state index in [1.54, 1.807) is 45.0 Å². The largest absolute Gasteiger partial charge is 0.469 e. The zero-order chi connectivity index (χ0) is 19.0. The van der Waals surface area contributed by atoms with E-state index in [0.29, 0.717) is 11.1 Å². The van der Waals surface area contributed by atoms with Crippen LogP contribution in [0.15, 0.2) is 29.4 Å². The molecule has 136 valence electrons. The van der Waals surface area contributed by atoms with E-state index in [-0.39, 0.29) is 12.1 Å². The van der Waals surface area contributed by atoms with Crippen molar-refractivity contribution in [1.29, 1.82) is 0 Å². The minimum atomic E-state index is -0.820. The summed E-state index contributed by atoms with van der Waals surface area (Å²) >= 11 is 0. The van der Waals surface area contributed by atoms with Crippen molar-refractivity contribution in [2.24, 2.45) is 5.10 Å². The zero-order valence-corrected chi connectivity index (χ0v) is 14.9. The summed E-state index contributed by atoms with van der Waals surface area (Å²) in [7, 11) is 2.46. The Morgan fingerprint density at radius 3 is 2.28 bits per heavy atom. The molecule has 0 fully saturated rings. The van der Waals surface area contributed by atoms with Crippen molar-refractivity contribution in [3.63, 3.8) is 0 Å². The van der Waals surface area contributed by atoms with E-state index in [9.17, 15) is 14.4 Å². The molecule has 0 heterocycles. The van der Waals surface area contributed by atoms with Gasteiger partial charge >= 0.3 is 18.0 Å². The third kappa shape index (κ3) is 6.62. The maximum Gasteiger partial charge on any atom is 0.428 e. The second-order valence-corrected chi connectivity index (χ2v) is 5.98. The molecule has 0 aliphatic heterocycles. The van der Waals surface area contributed by atoms with Crippen LogP contribution in [0.5, 0.6) is 0 Å². The third-order valence-electron chi connectivity index (χ3n) is 2.87. The molecule has 1 amide bonds. The van der Waals surface area contributed by atoms with Crippen LogP contribution in [0.4, 0.5) is 4.79 Å². The topological polar surface area (TPSA) is 103 Å². The van der Waals surface area contributed by atoms with Gasteiger partial charge in [-0.1, -0.05) is 24.3 Å². The Bertz CT molecular complexity index is 676. The zero-order valence-electron chi connectivity index (χ0n) is 14.9. The SMILES string of the molecule is COC(=O)Cc1ccccc1/C(=N/NC(=O)OC(C)(C)C)C(=O)OC. The number of hydrogen-bond acceptors (Lipinski definition) is 7. The second-order valence-electron chi connectivity index (χ2n) is 5.98. The molecule has 25 heavy (non-hydrogen) atoms. The Labute approximate surface area is 146 Å². The monoisotopic (exact) mass is 350 g/mol. The van der Waals surface area contributed by atoms with Crippen LogP contribution >= 0.6 is 0 Å². The number of hydrazone groups is 1. The van der Waals surface area contributed by atoms with Crippen molar-refractivity contribution in [1.82, 2.24) is 5.43 Å². The van der Waals surface area contributed by atoms with E-state index in [1.165, 1.54) is 14.2 Å². The predicted octanol–water partition coefficient (Wildman–Crippen LogP) is 1.80. The average molecular weight is 350 g/mol. The molecule has 1 aromatic carbocycles. The summed E-state index contributed by atoms with van der Waals surface area (Å²) in [6.07, 6.45) is -0.880. The summed E-state index contributed by atoms with van der Waals surface area (Å²) in [6.45, 7) is 5.09. The molecule has 8 heteroatoms. The summed E-state index contributed by atoms with van der Waals surface area (Å²) in [5.41, 5.74) is 2.13. The van der Waals surface area contributed by atoms with E-state index in [1.807, 2.05) is 0 Å². The summed E-state index contributed by atoms with van der Waals surface area (Å²) in [5, 5.41) is 3.81. The minimum Gasteiger partial charge on any atom is -0.469 e. The van der Waals surface area contributed by atoms with Crippen LogP contribution in [0.3, 0.4) is 0 Å². The number of ether oxygens (including phenoxy) is 3. The highest BCUT2D eigenvalue weighted by atomic mass is 16.6. The number of nitrogens with zero attached hydrogens (tertiary/aromatic N) is 1. The highest BCUT2D eigenvalue weighted by Crippen LogP contribution is 2.13. The summed E-state index contributed by atoms with van der Waals surface area (Å²) in [6, 6.07) is 6.61. The maximum absolute atomic E-state index is 12.1. The Morgan fingerprint density at radius 1 is 1.08 bits per heavy atom. The number of carbonyl (C=O) groups excluding carboxylic acids is 3. The Balaban J connectivity index is 3.16. The predicted molar refractivity (Wildman–Crippen MR) is 90.1 cm³/mol. The van der Waals surface area contributed by atoms with Gasteiger partial charge in [0.2, 0.25) is 0 Å². The molecule has 0 aliphatic rings. The van der Waals surface area contributed by atoms with E-state index in [2.05, 4.69) is 15.3 Å². The average Bonchev–Trinajstić information content (AvgIpc) is 2.54. The number of rotatable bonds is 5. The van der Waals surface area contributed by atoms with Crippen LogP contribution in [0.25, 0.3) is 0 Å². The smallest absolute Gasteiger partial charge is 0.428 e. The Kier molecular flexibility index (Phi) is 7.10. The van der Waals surface area contributed by atoms with Crippen LogP contribution in [0.2, 0.25) is 0 Å². The molecule has 1 aromatic rings. The summed E-state index contributed by atoms with van der Waals surface area (Å²) in [5.74, 6) is -1.25. The molecular weight excluding hydrogens is 328 g/mol. The third-order valence-corrected chi connectivity index (χ3v) is 2.87. The highest BCUT2D eigenvalue weighted by Gasteiger charge is 2.21. The number of benzene rings is 1. The van der Waals surface area contributed by atoms with Crippen molar-refractivity contribution in [3.8, 4) is 0 Å². The summed E-state index contributed by atoms with van der Waals surface area (Å²) in [4.78, 5) is 35.4. The number of carbonyl (C=O) groups is 3. The van der Waals surface area contributed by atoms with Gasteiger partial charge in [-0.3, -0.25) is 4.79 Å². The van der Waals surface area contributed by atoms with Crippen LogP contribution in [0, 0.1) is 0 Å². The van der Waals surface area contributed by atoms with Crippen molar-refractivity contribution in [3.05, 3.63) is 35.4 Å². The van der Waals surface area contributed by atoms with E-state index in [4.69, 9.17) is 9.47 Å². The summed E-state index contributed by atoms with van der Waals surface area (Å²) < 4.78 is 14.4. The first kappa shape index (κ1) is 20.1. The first-order valence-corrected chi connectivity index (χ1v) is 7.48. The van der Waals surface area contributed by atoms with Crippen molar-refractivity contribution in [2.45, 2.75) is 32.8 Å². The van der Waals surface area contributed by atoms with Gasteiger partial charge in [-0.05, 0) is 26.3 Å². The number of esters is 2. The Hall–Kier alpha value is -2.90. The van der Waals surface area contributed by atoms with Crippen LogP contribution in [-0.2, 0) is 30.2 Å². The van der Waals surface area contributed by atoms with E-state index < -0.39 is 23.6 Å². The van der Waals surface area contributed by atoms with Gasteiger partial charge in [0, 0.05) is 5.56 Å². The van der Waals surface area contributed by atoms with Gasteiger partial charge in [0.05, 0.1) is 20.6 Å². The molecule has 0 atom stereocenters. The van der Waals surface area contributed by atoms with Gasteiger partial charge in [-0.25, -0.2) is 15.0 Å². The number of amides is 1. The van der Waals surface area contributed by atoms with Gasteiger partial charge in [0.25, 0.3) is 0 Å². The quantitative estimate of drug-likeness (QED) is 0.376. The molecular formula is C17H22N2O6. The van der Waals surface area contributed by atoms with Crippen molar-refractivity contribution >= 4 is 23.7 Å². The normalized spacial score (nSPS) is 11.5. The number of methoxy groups -OCH3 is 2. The van der Waals surface area contributed by atoms with Gasteiger partial charge in [0.1, 0.15) is 5.60 Å². The van der Waals surface area contributed by atoms with Crippen LogP contribution in [-0.4, -0.2) is 43.6 Å². The first-order chi connectivity index (χ1) is 11.7. The molecule has 0 unspecified atom stereocenters. The first-order valence-electron chi connectivity index (χ1n) is 7.48. The molecule has 0 radical (unpaired) electrons. The lowest BCUT2D eigenvalue weighted by Gasteiger charge is -2.18. The highest BCUT2D eigenvalue weighted by molar-refractivity contribution is 6.43. The lowest BCUT2D eigenvalue weighted by molar-refractivity contribution is -0.139. The fourth-order valence-corrected chi connectivity index (χ4v) is 1.85.